The average molecular weight is 246 g/mol. The van der Waals surface area contributed by atoms with Crippen LogP contribution in [0.5, 0.6) is 0 Å². The van der Waals surface area contributed by atoms with E-state index in [0.29, 0.717) is 19.4 Å². The molecule has 1 heterocycles. The van der Waals surface area contributed by atoms with E-state index in [4.69, 9.17) is 21.9 Å². The number of aromatic nitrogens is 1. The Labute approximate surface area is 99.3 Å². The van der Waals surface area contributed by atoms with Gasteiger partial charge in [-0.05, 0) is 31.9 Å². The van der Waals surface area contributed by atoms with Crippen LogP contribution in [0.2, 0.25) is 5.22 Å². The van der Waals surface area contributed by atoms with Crippen LogP contribution in [0.15, 0.2) is 4.52 Å². The second-order valence-electron chi connectivity index (χ2n) is 3.72. The van der Waals surface area contributed by atoms with Crippen molar-refractivity contribution in [2.45, 2.75) is 32.7 Å². The molecule has 1 aromatic rings. The summed E-state index contributed by atoms with van der Waals surface area (Å²) in [6.45, 7) is 4.08. The highest BCUT2D eigenvalue weighted by molar-refractivity contribution is 6.29. The molecule has 5 nitrogen and oxygen atoms in total. The van der Waals surface area contributed by atoms with E-state index in [2.05, 4.69) is 10.5 Å². The molecule has 16 heavy (non-hydrogen) atoms. The minimum Gasteiger partial charge on any atom is -0.352 e. The predicted octanol–water partition coefficient (Wildman–Crippen LogP) is 1.03. The summed E-state index contributed by atoms with van der Waals surface area (Å²) in [5, 5.41) is 6.75. The lowest BCUT2D eigenvalue weighted by Gasteiger charge is -2.10. The fourth-order valence-corrected chi connectivity index (χ4v) is 1.55. The Balaban J connectivity index is 2.43. The standard InChI is InChI=1S/C10H16ClN3O2/c1-6(5-12)13-9(15)4-3-8-7(2)14-16-10(8)11/h6H,3-5,12H2,1-2H3,(H,13,15)/t6-/m0/s1. The Bertz CT molecular complexity index is 345. The van der Waals surface area contributed by atoms with E-state index in [0.717, 1.165) is 11.3 Å². The minimum atomic E-state index is -0.0467. The molecule has 1 amide bonds. The van der Waals surface area contributed by atoms with Crippen molar-refractivity contribution in [2.24, 2.45) is 5.73 Å². The number of amides is 1. The van der Waals surface area contributed by atoms with E-state index >= 15 is 0 Å². The number of nitrogens with zero attached hydrogens (tertiary/aromatic N) is 1. The van der Waals surface area contributed by atoms with Crippen molar-refractivity contribution in [1.82, 2.24) is 10.5 Å². The number of carbonyl (C=O) groups is 1. The summed E-state index contributed by atoms with van der Waals surface area (Å²) in [4.78, 5) is 11.5. The molecule has 0 aromatic carbocycles. The zero-order valence-corrected chi connectivity index (χ0v) is 10.2. The van der Waals surface area contributed by atoms with Gasteiger partial charge in [0.25, 0.3) is 0 Å². The first-order valence-corrected chi connectivity index (χ1v) is 5.52. The summed E-state index contributed by atoms with van der Waals surface area (Å²) < 4.78 is 4.79. The number of hydrogen-bond acceptors (Lipinski definition) is 4. The van der Waals surface area contributed by atoms with Gasteiger partial charge in [0.2, 0.25) is 11.1 Å². The van der Waals surface area contributed by atoms with Crippen molar-refractivity contribution in [3.8, 4) is 0 Å². The molecule has 0 radical (unpaired) electrons. The first-order valence-electron chi connectivity index (χ1n) is 5.14. The molecule has 0 spiro atoms. The summed E-state index contributed by atoms with van der Waals surface area (Å²) >= 11 is 5.78. The zero-order valence-electron chi connectivity index (χ0n) is 9.42. The number of rotatable bonds is 5. The van der Waals surface area contributed by atoms with Crippen molar-refractivity contribution in [1.29, 1.82) is 0 Å². The number of nitrogens with one attached hydrogen (secondary N) is 1. The fraction of sp³-hybridized carbons (Fsp3) is 0.600. The Kier molecular flexibility index (Phi) is 4.76. The lowest BCUT2D eigenvalue weighted by atomic mass is 10.1. The molecule has 1 aromatic heterocycles. The molecule has 6 heteroatoms. The predicted molar refractivity (Wildman–Crippen MR) is 61.2 cm³/mol. The van der Waals surface area contributed by atoms with E-state index in [1.807, 2.05) is 6.92 Å². The smallest absolute Gasteiger partial charge is 0.229 e. The Morgan fingerprint density at radius 2 is 2.38 bits per heavy atom. The van der Waals surface area contributed by atoms with Crippen molar-refractivity contribution in [3.63, 3.8) is 0 Å². The summed E-state index contributed by atoms with van der Waals surface area (Å²) in [5.41, 5.74) is 6.91. The van der Waals surface area contributed by atoms with Crippen LogP contribution in [-0.4, -0.2) is 23.7 Å². The third-order valence-corrected chi connectivity index (χ3v) is 2.60. The van der Waals surface area contributed by atoms with Crippen LogP contribution < -0.4 is 11.1 Å². The molecule has 1 atom stereocenters. The van der Waals surface area contributed by atoms with Crippen molar-refractivity contribution in [3.05, 3.63) is 16.5 Å². The summed E-state index contributed by atoms with van der Waals surface area (Å²) in [6, 6.07) is -0.00783. The first-order chi connectivity index (χ1) is 7.54. The van der Waals surface area contributed by atoms with Crippen LogP contribution in [0.1, 0.15) is 24.6 Å². The molecule has 90 valence electrons. The number of nitrogens with two attached hydrogens (primary N) is 1. The normalized spacial score (nSPS) is 12.5. The summed E-state index contributed by atoms with van der Waals surface area (Å²) in [7, 11) is 0. The largest absolute Gasteiger partial charge is 0.352 e. The highest BCUT2D eigenvalue weighted by Gasteiger charge is 2.13. The van der Waals surface area contributed by atoms with Crippen LogP contribution in [0, 0.1) is 6.92 Å². The number of halogens is 1. The molecule has 0 aliphatic carbocycles. The van der Waals surface area contributed by atoms with Gasteiger partial charge in [-0.25, -0.2) is 0 Å². The van der Waals surface area contributed by atoms with Gasteiger partial charge < -0.3 is 15.6 Å². The second kappa shape index (κ2) is 5.86. The van der Waals surface area contributed by atoms with Crippen LogP contribution in [0.3, 0.4) is 0 Å². The molecule has 0 fully saturated rings. The highest BCUT2D eigenvalue weighted by Crippen LogP contribution is 2.20. The Hall–Kier alpha value is -1.07. The van der Waals surface area contributed by atoms with Gasteiger partial charge in [-0.3, -0.25) is 4.79 Å². The van der Waals surface area contributed by atoms with Gasteiger partial charge in [-0.15, -0.1) is 0 Å². The monoisotopic (exact) mass is 245 g/mol. The van der Waals surface area contributed by atoms with Crippen LogP contribution in [0.4, 0.5) is 0 Å². The van der Waals surface area contributed by atoms with Gasteiger partial charge in [0.15, 0.2) is 0 Å². The first kappa shape index (κ1) is 13.0. The van der Waals surface area contributed by atoms with Gasteiger partial charge in [0.05, 0.1) is 5.69 Å². The van der Waals surface area contributed by atoms with Crippen molar-refractivity contribution in [2.75, 3.05) is 6.54 Å². The van der Waals surface area contributed by atoms with Crippen LogP contribution >= 0.6 is 11.6 Å². The topological polar surface area (TPSA) is 81.2 Å². The summed E-state index contributed by atoms with van der Waals surface area (Å²) in [5.74, 6) is -0.0467. The second-order valence-corrected chi connectivity index (χ2v) is 4.07. The molecule has 1 rings (SSSR count). The maximum absolute atomic E-state index is 11.5. The molecular formula is C10H16ClN3O2. The maximum atomic E-state index is 11.5. The van der Waals surface area contributed by atoms with Crippen LogP contribution in [0.25, 0.3) is 0 Å². The van der Waals surface area contributed by atoms with E-state index < -0.39 is 0 Å². The molecule has 0 aliphatic heterocycles. The van der Waals surface area contributed by atoms with E-state index in [1.54, 1.807) is 6.92 Å². The Morgan fingerprint density at radius 1 is 1.69 bits per heavy atom. The number of hydrogen-bond donors (Lipinski definition) is 2. The van der Waals surface area contributed by atoms with Gasteiger partial charge in [0, 0.05) is 24.6 Å². The van der Waals surface area contributed by atoms with Crippen molar-refractivity contribution < 1.29 is 9.32 Å². The number of carbonyl (C=O) groups excluding carboxylic acids is 1. The SMILES string of the molecule is Cc1noc(Cl)c1CCC(=O)N[C@@H](C)CN. The molecule has 0 aliphatic rings. The van der Waals surface area contributed by atoms with Gasteiger partial charge >= 0.3 is 0 Å². The van der Waals surface area contributed by atoms with E-state index in [1.165, 1.54) is 0 Å². The lowest BCUT2D eigenvalue weighted by molar-refractivity contribution is -0.121. The van der Waals surface area contributed by atoms with Gasteiger partial charge in [-0.2, -0.15) is 0 Å². The third-order valence-electron chi connectivity index (χ3n) is 2.30. The molecule has 3 N–H and O–H groups in total. The fourth-order valence-electron chi connectivity index (χ4n) is 1.28. The lowest BCUT2D eigenvalue weighted by Crippen LogP contribution is -2.37. The van der Waals surface area contributed by atoms with Crippen molar-refractivity contribution >= 4 is 17.5 Å². The minimum absolute atomic E-state index is 0.00783. The molecule has 0 unspecified atom stereocenters. The quantitative estimate of drug-likeness (QED) is 0.812. The molecular weight excluding hydrogens is 230 g/mol. The number of aryl methyl sites for hydroxylation is 1. The highest BCUT2D eigenvalue weighted by atomic mass is 35.5. The summed E-state index contributed by atoms with van der Waals surface area (Å²) in [6.07, 6.45) is 0.878. The zero-order chi connectivity index (χ0) is 12.1. The van der Waals surface area contributed by atoms with E-state index in [-0.39, 0.29) is 17.2 Å². The molecule has 0 saturated carbocycles. The third kappa shape index (κ3) is 3.50. The van der Waals surface area contributed by atoms with Gasteiger partial charge in [-0.1, -0.05) is 5.16 Å². The molecule has 0 saturated heterocycles. The average Bonchev–Trinajstić information content (AvgIpc) is 2.56. The Morgan fingerprint density at radius 3 is 2.88 bits per heavy atom. The molecule has 0 bridgehead atoms. The van der Waals surface area contributed by atoms with Crippen LogP contribution in [-0.2, 0) is 11.2 Å². The maximum Gasteiger partial charge on any atom is 0.229 e. The van der Waals surface area contributed by atoms with Gasteiger partial charge in [0.1, 0.15) is 0 Å². The van der Waals surface area contributed by atoms with E-state index in [9.17, 15) is 4.79 Å².